The molecule has 0 spiro atoms. The number of benzene rings is 1. The maximum absolute atomic E-state index is 13.0. The van der Waals surface area contributed by atoms with Gasteiger partial charge in [0.2, 0.25) is 0 Å². The van der Waals surface area contributed by atoms with Crippen molar-refractivity contribution in [3.8, 4) is 0 Å². The molecule has 174 valence electrons. The number of hydrogen-bond acceptors (Lipinski definition) is 4. The standard InChI is InChI=1S/C25H31FN6O/c1-25(2)9-8-20-21(12-25)29-30-22(20)24(33)28-19-13-27-32(16-19)23(17-6-4-3-5-7-17)18-14-31(15-18)11-10-26/h3-7,13,16,18,23H,8-12,14-15H2,1-2H3,(H,28,33)(H,29,30). The summed E-state index contributed by atoms with van der Waals surface area (Å²) in [7, 11) is 0. The lowest BCUT2D eigenvalue weighted by atomic mass is 9.76. The number of halogens is 1. The Hall–Kier alpha value is -3.00. The summed E-state index contributed by atoms with van der Waals surface area (Å²) in [4.78, 5) is 15.1. The molecule has 2 aliphatic rings. The van der Waals surface area contributed by atoms with E-state index >= 15 is 0 Å². The third kappa shape index (κ3) is 4.44. The van der Waals surface area contributed by atoms with E-state index in [0.717, 1.165) is 49.2 Å². The van der Waals surface area contributed by atoms with Gasteiger partial charge in [-0.25, -0.2) is 4.39 Å². The van der Waals surface area contributed by atoms with Gasteiger partial charge in [-0.05, 0) is 30.2 Å². The number of H-pyrrole nitrogens is 1. The number of nitrogens with one attached hydrogen (secondary N) is 2. The van der Waals surface area contributed by atoms with Crippen molar-refractivity contribution < 1.29 is 9.18 Å². The second kappa shape index (κ2) is 8.74. The molecular weight excluding hydrogens is 419 g/mol. The first-order valence-electron chi connectivity index (χ1n) is 11.7. The van der Waals surface area contributed by atoms with Crippen molar-refractivity contribution in [2.24, 2.45) is 11.3 Å². The van der Waals surface area contributed by atoms with Crippen LogP contribution in [0.1, 0.15) is 53.6 Å². The minimum atomic E-state index is -0.324. The lowest BCUT2D eigenvalue weighted by molar-refractivity contribution is 0.0635. The zero-order valence-corrected chi connectivity index (χ0v) is 19.2. The number of aromatic nitrogens is 4. The molecule has 0 saturated carbocycles. The molecule has 2 N–H and O–H groups in total. The van der Waals surface area contributed by atoms with Gasteiger partial charge in [0.25, 0.3) is 5.91 Å². The van der Waals surface area contributed by atoms with E-state index in [1.54, 1.807) is 6.20 Å². The molecule has 1 amide bonds. The number of carbonyl (C=O) groups excluding carboxylic acids is 1. The number of alkyl halides is 1. The Morgan fingerprint density at radius 3 is 2.85 bits per heavy atom. The molecular formula is C25H31FN6O. The Bertz CT molecular complexity index is 1120. The Balaban J connectivity index is 1.33. The van der Waals surface area contributed by atoms with Crippen LogP contribution in [0, 0.1) is 11.3 Å². The van der Waals surface area contributed by atoms with Gasteiger partial charge in [-0.1, -0.05) is 44.2 Å². The van der Waals surface area contributed by atoms with Crippen LogP contribution in [0.2, 0.25) is 0 Å². The van der Waals surface area contributed by atoms with Crippen molar-refractivity contribution in [3.63, 3.8) is 0 Å². The Kier molecular flexibility index (Phi) is 5.78. The lowest BCUT2D eigenvalue weighted by Gasteiger charge is -2.43. The van der Waals surface area contributed by atoms with Gasteiger partial charge in [0.15, 0.2) is 5.69 Å². The smallest absolute Gasteiger partial charge is 0.276 e. The highest BCUT2D eigenvalue weighted by Gasteiger charge is 2.36. The second-order valence-electron chi connectivity index (χ2n) is 10.1. The topological polar surface area (TPSA) is 78.8 Å². The van der Waals surface area contributed by atoms with Crippen LogP contribution < -0.4 is 5.32 Å². The molecule has 1 fully saturated rings. The summed E-state index contributed by atoms with van der Waals surface area (Å²) in [5.74, 6) is 0.130. The zero-order valence-electron chi connectivity index (χ0n) is 19.2. The molecule has 3 aromatic rings. The molecule has 1 unspecified atom stereocenters. The molecule has 1 saturated heterocycles. The number of carbonyl (C=O) groups is 1. The maximum atomic E-state index is 13.0. The predicted octanol–water partition coefficient (Wildman–Crippen LogP) is 3.86. The van der Waals surface area contributed by atoms with E-state index in [4.69, 9.17) is 0 Å². The van der Waals surface area contributed by atoms with Crippen LogP contribution in [0.4, 0.5) is 10.1 Å². The van der Waals surface area contributed by atoms with E-state index in [-0.39, 0.29) is 24.0 Å². The number of aromatic amines is 1. The number of rotatable bonds is 7. The van der Waals surface area contributed by atoms with Crippen molar-refractivity contribution in [1.82, 2.24) is 24.9 Å². The summed E-state index contributed by atoms with van der Waals surface area (Å²) in [6.45, 7) is 6.31. The third-order valence-electron chi connectivity index (χ3n) is 6.99. The summed E-state index contributed by atoms with van der Waals surface area (Å²) >= 11 is 0. The highest BCUT2D eigenvalue weighted by Crippen LogP contribution is 2.36. The van der Waals surface area contributed by atoms with E-state index < -0.39 is 0 Å². The van der Waals surface area contributed by atoms with Crippen molar-refractivity contribution in [2.45, 2.75) is 39.2 Å². The van der Waals surface area contributed by atoms with Gasteiger partial charge in [-0.3, -0.25) is 19.5 Å². The molecule has 2 aromatic heterocycles. The van der Waals surface area contributed by atoms with Gasteiger partial charge >= 0.3 is 0 Å². The molecule has 3 heterocycles. The molecule has 1 aliphatic carbocycles. The first-order chi connectivity index (χ1) is 15.9. The SMILES string of the molecule is CC1(C)CCc2c(C(=O)Nc3cnn(C(c4ccccc4)C4CN(CCF)C4)c3)n[nH]c2C1. The molecule has 1 atom stereocenters. The molecule has 8 heteroatoms. The van der Waals surface area contributed by atoms with E-state index in [1.165, 1.54) is 0 Å². The Labute approximate surface area is 193 Å². The van der Waals surface area contributed by atoms with Gasteiger partial charge in [-0.2, -0.15) is 10.2 Å². The average molecular weight is 451 g/mol. The van der Waals surface area contributed by atoms with Crippen LogP contribution in [-0.2, 0) is 12.8 Å². The highest BCUT2D eigenvalue weighted by atomic mass is 19.1. The molecule has 1 aromatic carbocycles. The maximum Gasteiger partial charge on any atom is 0.276 e. The van der Waals surface area contributed by atoms with Crippen molar-refractivity contribution in [1.29, 1.82) is 0 Å². The number of amides is 1. The van der Waals surface area contributed by atoms with Gasteiger partial charge in [-0.15, -0.1) is 0 Å². The monoisotopic (exact) mass is 450 g/mol. The van der Waals surface area contributed by atoms with Crippen molar-refractivity contribution >= 4 is 11.6 Å². The molecule has 1 aliphatic heterocycles. The average Bonchev–Trinajstić information content (AvgIpc) is 3.39. The van der Waals surface area contributed by atoms with Crippen LogP contribution >= 0.6 is 0 Å². The van der Waals surface area contributed by atoms with Gasteiger partial charge < -0.3 is 5.32 Å². The van der Waals surface area contributed by atoms with Crippen molar-refractivity contribution in [3.05, 3.63) is 65.2 Å². The number of fused-ring (bicyclic) bond motifs is 1. The fourth-order valence-corrected chi connectivity index (χ4v) is 5.18. The molecule has 33 heavy (non-hydrogen) atoms. The van der Waals surface area contributed by atoms with E-state index in [1.807, 2.05) is 29.1 Å². The molecule has 7 nitrogen and oxygen atoms in total. The van der Waals surface area contributed by atoms with Gasteiger partial charge in [0.05, 0.1) is 17.9 Å². The molecule has 0 bridgehead atoms. The summed E-state index contributed by atoms with van der Waals surface area (Å²) < 4.78 is 14.6. The minimum Gasteiger partial charge on any atom is -0.318 e. The van der Waals surface area contributed by atoms with Crippen LogP contribution in [0.15, 0.2) is 42.7 Å². The normalized spacial score (nSPS) is 19.0. The summed E-state index contributed by atoms with van der Waals surface area (Å²) in [5, 5.41) is 15.0. The molecule has 5 rings (SSSR count). The number of nitrogens with zero attached hydrogens (tertiary/aromatic N) is 4. The number of hydrogen-bond donors (Lipinski definition) is 2. The first kappa shape index (κ1) is 21.8. The summed E-state index contributed by atoms with van der Waals surface area (Å²) in [5.41, 5.74) is 4.61. The van der Waals surface area contributed by atoms with E-state index in [2.05, 4.69) is 51.5 Å². The van der Waals surface area contributed by atoms with Gasteiger partial charge in [0.1, 0.15) is 6.67 Å². The summed E-state index contributed by atoms with van der Waals surface area (Å²) in [6, 6.07) is 10.3. The molecule has 0 radical (unpaired) electrons. The highest BCUT2D eigenvalue weighted by molar-refractivity contribution is 6.03. The van der Waals surface area contributed by atoms with E-state index in [9.17, 15) is 9.18 Å². The predicted molar refractivity (Wildman–Crippen MR) is 125 cm³/mol. The van der Waals surface area contributed by atoms with E-state index in [0.29, 0.717) is 23.8 Å². The quantitative estimate of drug-likeness (QED) is 0.573. The number of likely N-dealkylation sites (tertiary alicyclic amines) is 1. The fourth-order valence-electron chi connectivity index (χ4n) is 5.18. The lowest BCUT2D eigenvalue weighted by Crippen LogP contribution is -2.51. The largest absolute Gasteiger partial charge is 0.318 e. The van der Waals surface area contributed by atoms with Crippen LogP contribution in [0.5, 0.6) is 0 Å². The second-order valence-corrected chi connectivity index (χ2v) is 10.1. The fraction of sp³-hybridized carbons (Fsp3) is 0.480. The summed E-state index contributed by atoms with van der Waals surface area (Å²) in [6.07, 6.45) is 6.37. The van der Waals surface area contributed by atoms with Crippen molar-refractivity contribution in [2.75, 3.05) is 31.6 Å². The minimum absolute atomic E-state index is 0.0353. The first-order valence-corrected chi connectivity index (χ1v) is 11.7. The van der Waals surface area contributed by atoms with Crippen LogP contribution in [-0.4, -0.2) is 57.1 Å². The zero-order chi connectivity index (χ0) is 23.0. The number of anilines is 1. The third-order valence-corrected chi connectivity index (χ3v) is 6.99. The van der Waals surface area contributed by atoms with Crippen LogP contribution in [0.25, 0.3) is 0 Å². The Morgan fingerprint density at radius 1 is 1.30 bits per heavy atom. The van der Waals surface area contributed by atoms with Gasteiger partial charge in [0, 0.05) is 43.0 Å². The Morgan fingerprint density at radius 2 is 2.09 bits per heavy atom. The van der Waals surface area contributed by atoms with Crippen LogP contribution in [0.3, 0.4) is 0 Å².